The molecule has 1 amide bonds. The van der Waals surface area contributed by atoms with Crippen LogP contribution in [0.3, 0.4) is 0 Å². The Labute approximate surface area is 99.8 Å². The molecule has 5 nitrogen and oxygen atoms in total. The Hall–Kier alpha value is -1.88. The Balaban J connectivity index is 2.87. The van der Waals surface area contributed by atoms with E-state index in [4.69, 9.17) is 5.11 Å². The van der Waals surface area contributed by atoms with Crippen LogP contribution in [-0.2, 0) is 4.79 Å². The van der Waals surface area contributed by atoms with Crippen LogP contribution in [0.4, 0.5) is 5.69 Å². The van der Waals surface area contributed by atoms with Crippen LogP contribution < -0.4 is 10.6 Å². The molecule has 1 rings (SSSR count). The number of rotatable bonds is 5. The van der Waals surface area contributed by atoms with Crippen molar-refractivity contribution in [2.24, 2.45) is 0 Å². The third-order valence-electron chi connectivity index (χ3n) is 2.30. The minimum absolute atomic E-state index is 0.136. The van der Waals surface area contributed by atoms with Gasteiger partial charge in [-0.1, -0.05) is 19.1 Å². The van der Waals surface area contributed by atoms with Crippen LogP contribution in [0.5, 0.6) is 0 Å². The lowest BCUT2D eigenvalue weighted by molar-refractivity contribution is -0.115. The zero-order valence-electron chi connectivity index (χ0n) is 9.91. The smallest absolute Gasteiger partial charge is 0.338 e. The molecule has 3 N–H and O–H groups in total. The molecule has 0 aliphatic carbocycles. The minimum atomic E-state index is -1.04. The fourth-order valence-corrected chi connectivity index (χ4v) is 1.49. The number of aromatic carboxylic acids is 1. The zero-order chi connectivity index (χ0) is 12.8. The number of carbonyl (C=O) groups is 2. The van der Waals surface area contributed by atoms with E-state index in [0.717, 1.165) is 0 Å². The molecule has 0 saturated heterocycles. The molecule has 0 aromatic heterocycles. The van der Waals surface area contributed by atoms with Crippen LogP contribution in [0.1, 0.15) is 22.8 Å². The average molecular weight is 236 g/mol. The number of amides is 1. The molecule has 0 unspecified atom stereocenters. The van der Waals surface area contributed by atoms with Gasteiger partial charge in [-0.15, -0.1) is 0 Å². The maximum Gasteiger partial charge on any atom is 0.338 e. The average Bonchev–Trinajstić information content (AvgIpc) is 2.25. The van der Waals surface area contributed by atoms with Gasteiger partial charge in [-0.2, -0.15) is 0 Å². The molecule has 0 spiro atoms. The molecule has 17 heavy (non-hydrogen) atoms. The molecule has 1 aromatic rings. The highest BCUT2D eigenvalue weighted by Gasteiger charge is 2.14. The van der Waals surface area contributed by atoms with Gasteiger partial charge in [0.15, 0.2) is 0 Å². The second-order valence-electron chi connectivity index (χ2n) is 3.63. The van der Waals surface area contributed by atoms with Crippen LogP contribution in [0.15, 0.2) is 18.2 Å². The van der Waals surface area contributed by atoms with Crippen molar-refractivity contribution in [3.8, 4) is 0 Å². The lowest BCUT2D eigenvalue weighted by atomic mass is 10.1. The van der Waals surface area contributed by atoms with Crippen molar-refractivity contribution in [1.29, 1.82) is 0 Å². The Kier molecular flexibility index (Phi) is 4.66. The summed E-state index contributed by atoms with van der Waals surface area (Å²) in [4.78, 5) is 22.6. The van der Waals surface area contributed by atoms with Gasteiger partial charge in [0, 0.05) is 0 Å². The van der Waals surface area contributed by atoms with E-state index >= 15 is 0 Å². The van der Waals surface area contributed by atoms with Crippen LogP contribution in [-0.4, -0.2) is 30.1 Å². The van der Waals surface area contributed by atoms with Gasteiger partial charge in [0.2, 0.25) is 5.91 Å². The molecule has 0 bridgehead atoms. The predicted octanol–water partition coefficient (Wildman–Crippen LogP) is 1.24. The predicted molar refractivity (Wildman–Crippen MR) is 65.3 cm³/mol. The molecule has 0 atom stereocenters. The topological polar surface area (TPSA) is 78.4 Å². The second-order valence-corrected chi connectivity index (χ2v) is 3.63. The van der Waals surface area contributed by atoms with Crippen molar-refractivity contribution in [2.75, 3.05) is 18.4 Å². The fraction of sp³-hybridized carbons (Fsp3) is 0.333. The normalized spacial score (nSPS) is 10.0. The Morgan fingerprint density at radius 3 is 2.65 bits per heavy atom. The van der Waals surface area contributed by atoms with E-state index in [2.05, 4.69) is 10.6 Å². The van der Waals surface area contributed by atoms with Crippen LogP contribution >= 0.6 is 0 Å². The molecule has 1 aromatic carbocycles. The summed E-state index contributed by atoms with van der Waals surface area (Å²) in [5.41, 5.74) is 1.09. The lowest BCUT2D eigenvalue weighted by Crippen LogP contribution is -2.28. The first-order valence-electron chi connectivity index (χ1n) is 5.39. The summed E-state index contributed by atoms with van der Waals surface area (Å²) in [6.07, 6.45) is 0. The number of likely N-dealkylation sites (N-methyl/N-ethyl adjacent to an activating group) is 1. The molecule has 0 radical (unpaired) electrons. The van der Waals surface area contributed by atoms with Crippen molar-refractivity contribution >= 4 is 17.6 Å². The fourth-order valence-electron chi connectivity index (χ4n) is 1.49. The standard InChI is InChI=1S/C12H16N2O3/c1-3-13-7-10(15)14-9-6-4-5-8(2)11(9)12(16)17/h4-6,13H,3,7H2,1-2H3,(H,14,15)(H,16,17). The van der Waals surface area contributed by atoms with E-state index in [1.165, 1.54) is 0 Å². The van der Waals surface area contributed by atoms with E-state index in [1.807, 2.05) is 6.92 Å². The number of benzene rings is 1. The molecular formula is C12H16N2O3. The van der Waals surface area contributed by atoms with Gasteiger partial charge in [-0.25, -0.2) is 4.79 Å². The van der Waals surface area contributed by atoms with Gasteiger partial charge in [-0.3, -0.25) is 4.79 Å². The summed E-state index contributed by atoms with van der Waals surface area (Å²) in [7, 11) is 0. The maximum absolute atomic E-state index is 11.5. The molecule has 0 aliphatic rings. The number of aryl methyl sites for hydroxylation is 1. The van der Waals surface area contributed by atoms with Gasteiger partial charge in [0.25, 0.3) is 0 Å². The highest BCUT2D eigenvalue weighted by atomic mass is 16.4. The van der Waals surface area contributed by atoms with Gasteiger partial charge < -0.3 is 15.7 Å². The number of carbonyl (C=O) groups excluding carboxylic acids is 1. The van der Waals surface area contributed by atoms with Gasteiger partial charge in [0.05, 0.1) is 17.8 Å². The first-order chi connectivity index (χ1) is 8.06. The monoisotopic (exact) mass is 236 g/mol. The number of carboxylic acid groups (broad SMARTS) is 1. The van der Waals surface area contributed by atoms with Crippen LogP contribution in [0.25, 0.3) is 0 Å². The summed E-state index contributed by atoms with van der Waals surface area (Å²) in [5, 5.41) is 14.5. The summed E-state index contributed by atoms with van der Waals surface area (Å²) in [6, 6.07) is 4.99. The summed E-state index contributed by atoms with van der Waals surface area (Å²) >= 11 is 0. The van der Waals surface area contributed by atoms with E-state index in [-0.39, 0.29) is 18.0 Å². The van der Waals surface area contributed by atoms with E-state index in [0.29, 0.717) is 17.8 Å². The van der Waals surface area contributed by atoms with Crippen LogP contribution in [0, 0.1) is 6.92 Å². The lowest BCUT2D eigenvalue weighted by Gasteiger charge is -2.10. The SMILES string of the molecule is CCNCC(=O)Nc1cccc(C)c1C(=O)O. The van der Waals surface area contributed by atoms with Crippen molar-refractivity contribution in [3.05, 3.63) is 29.3 Å². The minimum Gasteiger partial charge on any atom is -0.478 e. The maximum atomic E-state index is 11.5. The van der Waals surface area contributed by atoms with Gasteiger partial charge in [0.1, 0.15) is 0 Å². The van der Waals surface area contributed by atoms with Gasteiger partial charge in [-0.05, 0) is 25.1 Å². The largest absolute Gasteiger partial charge is 0.478 e. The number of hydrogen-bond acceptors (Lipinski definition) is 3. The first-order valence-corrected chi connectivity index (χ1v) is 5.39. The summed E-state index contributed by atoms with van der Waals surface area (Å²) < 4.78 is 0. The Morgan fingerprint density at radius 2 is 2.06 bits per heavy atom. The Bertz CT molecular complexity index is 430. The highest BCUT2D eigenvalue weighted by Crippen LogP contribution is 2.19. The molecule has 92 valence electrons. The number of anilines is 1. The number of nitrogens with one attached hydrogen (secondary N) is 2. The molecule has 0 saturated carbocycles. The summed E-state index contributed by atoms with van der Waals surface area (Å²) in [6.45, 7) is 4.45. The number of hydrogen-bond donors (Lipinski definition) is 3. The van der Waals surface area contributed by atoms with E-state index < -0.39 is 5.97 Å². The van der Waals surface area contributed by atoms with Crippen LogP contribution in [0.2, 0.25) is 0 Å². The molecule has 0 fully saturated rings. The van der Waals surface area contributed by atoms with Crippen molar-refractivity contribution < 1.29 is 14.7 Å². The van der Waals surface area contributed by atoms with E-state index in [9.17, 15) is 9.59 Å². The zero-order valence-corrected chi connectivity index (χ0v) is 9.91. The van der Waals surface area contributed by atoms with Gasteiger partial charge >= 0.3 is 5.97 Å². The Morgan fingerprint density at radius 1 is 1.35 bits per heavy atom. The third kappa shape index (κ3) is 3.57. The third-order valence-corrected chi connectivity index (χ3v) is 2.30. The second kappa shape index (κ2) is 6.00. The molecular weight excluding hydrogens is 220 g/mol. The van der Waals surface area contributed by atoms with Crippen molar-refractivity contribution in [3.63, 3.8) is 0 Å². The summed E-state index contributed by atoms with van der Waals surface area (Å²) in [5.74, 6) is -1.29. The molecule has 5 heteroatoms. The molecule has 0 heterocycles. The van der Waals surface area contributed by atoms with Crippen molar-refractivity contribution in [1.82, 2.24) is 5.32 Å². The highest BCUT2D eigenvalue weighted by molar-refractivity contribution is 6.02. The molecule has 0 aliphatic heterocycles. The van der Waals surface area contributed by atoms with E-state index in [1.54, 1.807) is 25.1 Å². The quantitative estimate of drug-likeness (QED) is 0.718. The van der Waals surface area contributed by atoms with Crippen molar-refractivity contribution in [2.45, 2.75) is 13.8 Å². The number of carboxylic acids is 1. The first kappa shape index (κ1) is 13.2.